The summed E-state index contributed by atoms with van der Waals surface area (Å²) in [6.45, 7) is 10.0. The van der Waals surface area contributed by atoms with Crippen molar-refractivity contribution >= 4 is 5.97 Å². The summed E-state index contributed by atoms with van der Waals surface area (Å²) in [5.41, 5.74) is 2.33. The number of esters is 1. The molecule has 0 radical (unpaired) electrons. The molecule has 0 aliphatic rings. The number of carbonyl (C=O) groups excluding carboxylic acids is 1. The highest BCUT2D eigenvalue weighted by atomic mass is 16.5. The van der Waals surface area contributed by atoms with Gasteiger partial charge in [-0.15, -0.1) is 6.58 Å². The summed E-state index contributed by atoms with van der Waals surface area (Å²) in [5, 5.41) is 0. The zero-order chi connectivity index (χ0) is 14.3. The molecule has 0 aliphatic carbocycles. The lowest BCUT2D eigenvalue weighted by atomic mass is 9.99. The van der Waals surface area contributed by atoms with E-state index in [0.717, 1.165) is 12.0 Å². The SMILES string of the molecule is C=CC[C@@H](OC(=O)CCC)c1ccc(C(C)C)cc1. The van der Waals surface area contributed by atoms with Crippen molar-refractivity contribution in [2.24, 2.45) is 0 Å². The summed E-state index contributed by atoms with van der Waals surface area (Å²) in [6, 6.07) is 8.29. The van der Waals surface area contributed by atoms with E-state index in [1.807, 2.05) is 19.1 Å². The number of hydrogen-bond acceptors (Lipinski definition) is 2. The predicted molar refractivity (Wildman–Crippen MR) is 79.1 cm³/mol. The van der Waals surface area contributed by atoms with Crippen LogP contribution in [0, 0.1) is 0 Å². The Labute approximate surface area is 116 Å². The zero-order valence-corrected chi connectivity index (χ0v) is 12.2. The van der Waals surface area contributed by atoms with E-state index in [9.17, 15) is 4.79 Å². The molecule has 0 aliphatic heterocycles. The first-order chi connectivity index (χ1) is 9.08. The van der Waals surface area contributed by atoms with Gasteiger partial charge in [0.25, 0.3) is 0 Å². The lowest BCUT2D eigenvalue weighted by Crippen LogP contribution is -2.10. The lowest BCUT2D eigenvalue weighted by molar-refractivity contribution is -0.149. The van der Waals surface area contributed by atoms with E-state index in [2.05, 4.69) is 32.6 Å². The Morgan fingerprint density at radius 1 is 1.26 bits per heavy atom. The number of hydrogen-bond donors (Lipinski definition) is 0. The number of rotatable bonds is 7. The molecule has 1 atom stereocenters. The molecule has 2 nitrogen and oxygen atoms in total. The van der Waals surface area contributed by atoms with Crippen LogP contribution in [0.2, 0.25) is 0 Å². The quantitative estimate of drug-likeness (QED) is 0.521. The fourth-order valence-electron chi connectivity index (χ4n) is 1.92. The molecule has 0 N–H and O–H groups in total. The highest BCUT2D eigenvalue weighted by Crippen LogP contribution is 2.24. The Balaban J connectivity index is 2.80. The summed E-state index contributed by atoms with van der Waals surface area (Å²) in [6.07, 6.45) is 3.51. The topological polar surface area (TPSA) is 26.3 Å². The second kappa shape index (κ2) is 7.78. The maximum absolute atomic E-state index is 11.6. The van der Waals surface area contributed by atoms with Crippen molar-refractivity contribution in [3.8, 4) is 0 Å². The van der Waals surface area contributed by atoms with Gasteiger partial charge in [-0.3, -0.25) is 4.79 Å². The van der Waals surface area contributed by atoms with Crippen LogP contribution in [-0.2, 0) is 9.53 Å². The normalized spacial score (nSPS) is 12.2. The monoisotopic (exact) mass is 260 g/mol. The average Bonchev–Trinajstić information content (AvgIpc) is 2.38. The third kappa shape index (κ3) is 4.90. The van der Waals surface area contributed by atoms with Crippen LogP contribution in [0.1, 0.15) is 63.2 Å². The fraction of sp³-hybridized carbons (Fsp3) is 0.471. The predicted octanol–water partition coefficient (Wildman–Crippen LogP) is 4.77. The standard InChI is InChI=1S/C17H24O2/c1-5-7-16(19-17(18)8-6-2)15-11-9-14(10-12-15)13(3)4/h5,9-13,16H,1,6-8H2,2-4H3/t16-/m1/s1. The first-order valence-electron chi connectivity index (χ1n) is 6.98. The Morgan fingerprint density at radius 3 is 2.32 bits per heavy atom. The molecular formula is C17H24O2. The highest BCUT2D eigenvalue weighted by molar-refractivity contribution is 5.69. The Morgan fingerprint density at radius 2 is 1.84 bits per heavy atom. The molecule has 0 unspecified atom stereocenters. The van der Waals surface area contributed by atoms with Crippen molar-refractivity contribution in [2.45, 2.75) is 52.1 Å². The molecule has 0 fully saturated rings. The lowest BCUT2D eigenvalue weighted by Gasteiger charge is -2.17. The number of benzene rings is 1. The molecule has 0 saturated heterocycles. The third-order valence-corrected chi connectivity index (χ3v) is 3.08. The molecular weight excluding hydrogens is 236 g/mol. The summed E-state index contributed by atoms with van der Waals surface area (Å²) < 4.78 is 5.51. The van der Waals surface area contributed by atoms with Crippen molar-refractivity contribution in [2.75, 3.05) is 0 Å². The van der Waals surface area contributed by atoms with Gasteiger partial charge in [-0.2, -0.15) is 0 Å². The summed E-state index contributed by atoms with van der Waals surface area (Å²) >= 11 is 0. The molecule has 19 heavy (non-hydrogen) atoms. The van der Waals surface area contributed by atoms with Gasteiger partial charge in [0.1, 0.15) is 6.10 Å². The van der Waals surface area contributed by atoms with Crippen LogP contribution >= 0.6 is 0 Å². The minimum Gasteiger partial charge on any atom is -0.457 e. The van der Waals surface area contributed by atoms with Crippen LogP contribution in [0.5, 0.6) is 0 Å². The second-order valence-corrected chi connectivity index (χ2v) is 5.07. The maximum Gasteiger partial charge on any atom is 0.306 e. The Hall–Kier alpha value is -1.57. The van der Waals surface area contributed by atoms with Gasteiger partial charge in [0.05, 0.1) is 0 Å². The summed E-state index contributed by atoms with van der Waals surface area (Å²) in [4.78, 5) is 11.6. The van der Waals surface area contributed by atoms with Crippen LogP contribution < -0.4 is 0 Å². The van der Waals surface area contributed by atoms with Crippen molar-refractivity contribution in [3.05, 3.63) is 48.0 Å². The van der Waals surface area contributed by atoms with Crippen LogP contribution in [0.15, 0.2) is 36.9 Å². The second-order valence-electron chi connectivity index (χ2n) is 5.07. The van der Waals surface area contributed by atoms with E-state index in [1.165, 1.54) is 5.56 Å². The maximum atomic E-state index is 11.6. The van der Waals surface area contributed by atoms with Crippen LogP contribution in [0.4, 0.5) is 0 Å². The molecule has 0 aromatic heterocycles. The van der Waals surface area contributed by atoms with Gasteiger partial charge >= 0.3 is 5.97 Å². The van der Waals surface area contributed by atoms with E-state index in [-0.39, 0.29) is 12.1 Å². The first-order valence-corrected chi connectivity index (χ1v) is 6.98. The van der Waals surface area contributed by atoms with Crippen molar-refractivity contribution in [3.63, 3.8) is 0 Å². The number of carbonyl (C=O) groups is 1. The van der Waals surface area contributed by atoms with Crippen molar-refractivity contribution in [1.29, 1.82) is 0 Å². The van der Waals surface area contributed by atoms with Gasteiger partial charge in [0.2, 0.25) is 0 Å². The number of ether oxygens (including phenoxy) is 1. The van der Waals surface area contributed by atoms with Gasteiger partial charge in [0.15, 0.2) is 0 Å². The molecule has 2 heteroatoms. The van der Waals surface area contributed by atoms with E-state index in [1.54, 1.807) is 6.08 Å². The molecule has 0 saturated carbocycles. The molecule has 0 amide bonds. The summed E-state index contributed by atoms with van der Waals surface area (Å²) in [7, 11) is 0. The molecule has 0 bridgehead atoms. The molecule has 104 valence electrons. The molecule has 0 heterocycles. The zero-order valence-electron chi connectivity index (χ0n) is 12.2. The van der Waals surface area contributed by atoms with Crippen molar-refractivity contribution < 1.29 is 9.53 Å². The Bertz CT molecular complexity index is 404. The first kappa shape index (κ1) is 15.5. The van der Waals surface area contributed by atoms with E-state index >= 15 is 0 Å². The average molecular weight is 260 g/mol. The molecule has 1 aromatic carbocycles. The third-order valence-electron chi connectivity index (χ3n) is 3.08. The van der Waals surface area contributed by atoms with Gasteiger partial charge in [0, 0.05) is 12.8 Å². The van der Waals surface area contributed by atoms with E-state index in [4.69, 9.17) is 4.74 Å². The van der Waals surface area contributed by atoms with Gasteiger partial charge in [-0.05, 0) is 23.5 Å². The Kier molecular flexibility index (Phi) is 6.34. The highest BCUT2D eigenvalue weighted by Gasteiger charge is 2.15. The van der Waals surface area contributed by atoms with Crippen molar-refractivity contribution in [1.82, 2.24) is 0 Å². The molecule has 1 aromatic rings. The van der Waals surface area contributed by atoms with Crippen LogP contribution in [0.3, 0.4) is 0 Å². The molecule has 1 rings (SSSR count). The fourth-order valence-corrected chi connectivity index (χ4v) is 1.92. The van der Waals surface area contributed by atoms with Crippen LogP contribution in [0.25, 0.3) is 0 Å². The smallest absolute Gasteiger partial charge is 0.306 e. The minimum atomic E-state index is -0.210. The van der Waals surface area contributed by atoms with Crippen LogP contribution in [-0.4, -0.2) is 5.97 Å². The van der Waals surface area contributed by atoms with Gasteiger partial charge < -0.3 is 4.74 Å². The minimum absolute atomic E-state index is 0.137. The largest absolute Gasteiger partial charge is 0.457 e. The van der Waals surface area contributed by atoms with Gasteiger partial charge in [-0.1, -0.05) is 51.1 Å². The van der Waals surface area contributed by atoms with Gasteiger partial charge in [-0.25, -0.2) is 0 Å². The summed E-state index contributed by atoms with van der Waals surface area (Å²) in [5.74, 6) is 0.372. The van der Waals surface area contributed by atoms with E-state index in [0.29, 0.717) is 18.8 Å². The molecule has 0 spiro atoms. The van der Waals surface area contributed by atoms with E-state index < -0.39 is 0 Å².